The van der Waals surface area contributed by atoms with Gasteiger partial charge < -0.3 is 10.1 Å². The number of carbonyl (C=O) groups is 1. The van der Waals surface area contributed by atoms with Gasteiger partial charge in [-0.05, 0) is 52.9 Å². The average molecular weight is 291 g/mol. The molecule has 1 heterocycles. The standard InChI is InChI=1S/C16H25N3O2/c1-4-21-15(20)10-9-11(2)17-16-13-7-5-6-8-14(13)18-12(3)19-16/h11H,4-10H2,1-3H3,(H,17,18,19). The molecule has 0 amide bonds. The molecule has 5 heteroatoms. The van der Waals surface area contributed by atoms with Crippen LogP contribution >= 0.6 is 0 Å². The second-order valence-corrected chi connectivity index (χ2v) is 5.64. The predicted molar refractivity (Wildman–Crippen MR) is 82.4 cm³/mol. The lowest BCUT2D eigenvalue weighted by Gasteiger charge is -2.22. The molecular weight excluding hydrogens is 266 g/mol. The number of esters is 1. The predicted octanol–water partition coefficient (Wildman–Crippen LogP) is 2.81. The Balaban J connectivity index is 1.98. The summed E-state index contributed by atoms with van der Waals surface area (Å²) in [4.78, 5) is 20.5. The van der Waals surface area contributed by atoms with Crippen molar-refractivity contribution < 1.29 is 9.53 Å². The summed E-state index contributed by atoms with van der Waals surface area (Å²) in [6.07, 6.45) is 5.69. The highest BCUT2D eigenvalue weighted by molar-refractivity contribution is 5.69. The van der Waals surface area contributed by atoms with Gasteiger partial charge >= 0.3 is 5.97 Å². The summed E-state index contributed by atoms with van der Waals surface area (Å²) >= 11 is 0. The summed E-state index contributed by atoms with van der Waals surface area (Å²) < 4.78 is 4.96. The number of ether oxygens (including phenoxy) is 1. The molecule has 0 aliphatic heterocycles. The van der Waals surface area contributed by atoms with E-state index in [0.29, 0.717) is 13.0 Å². The van der Waals surface area contributed by atoms with E-state index in [9.17, 15) is 4.79 Å². The first-order valence-corrected chi connectivity index (χ1v) is 7.88. The Kier molecular flexibility index (Phi) is 5.53. The van der Waals surface area contributed by atoms with Crippen LogP contribution in [0.15, 0.2) is 0 Å². The van der Waals surface area contributed by atoms with Gasteiger partial charge in [-0.15, -0.1) is 0 Å². The molecule has 1 aromatic rings. The van der Waals surface area contributed by atoms with Gasteiger partial charge in [0.05, 0.1) is 6.61 Å². The molecule has 0 saturated heterocycles. The third kappa shape index (κ3) is 4.41. The number of aryl methyl sites for hydroxylation is 2. The van der Waals surface area contributed by atoms with E-state index in [0.717, 1.165) is 30.9 Å². The zero-order valence-electron chi connectivity index (χ0n) is 13.2. The lowest BCUT2D eigenvalue weighted by molar-refractivity contribution is -0.143. The number of rotatable bonds is 6. The SMILES string of the molecule is CCOC(=O)CCC(C)Nc1nc(C)nc2c1CCCC2. The highest BCUT2D eigenvalue weighted by atomic mass is 16.5. The second-order valence-electron chi connectivity index (χ2n) is 5.64. The number of carbonyl (C=O) groups excluding carboxylic acids is 1. The number of nitrogens with one attached hydrogen (secondary N) is 1. The summed E-state index contributed by atoms with van der Waals surface area (Å²) in [5.41, 5.74) is 2.45. The van der Waals surface area contributed by atoms with Crippen LogP contribution < -0.4 is 5.32 Å². The molecule has 1 unspecified atom stereocenters. The van der Waals surface area contributed by atoms with E-state index in [2.05, 4.69) is 22.2 Å². The zero-order valence-corrected chi connectivity index (χ0v) is 13.2. The molecule has 0 radical (unpaired) electrons. The summed E-state index contributed by atoms with van der Waals surface area (Å²) in [5, 5.41) is 3.45. The molecule has 1 aliphatic carbocycles. The van der Waals surface area contributed by atoms with Crippen LogP contribution in [0.5, 0.6) is 0 Å². The zero-order chi connectivity index (χ0) is 15.2. The van der Waals surface area contributed by atoms with Crippen molar-refractivity contribution >= 4 is 11.8 Å². The molecule has 1 aliphatic rings. The van der Waals surface area contributed by atoms with Gasteiger partial charge in [-0.3, -0.25) is 4.79 Å². The Bertz CT molecular complexity index is 503. The van der Waals surface area contributed by atoms with Crippen molar-refractivity contribution in [2.45, 2.75) is 65.3 Å². The summed E-state index contributed by atoms with van der Waals surface area (Å²) in [5.74, 6) is 1.64. The van der Waals surface area contributed by atoms with Crippen LogP contribution in [0, 0.1) is 6.92 Å². The van der Waals surface area contributed by atoms with E-state index in [1.807, 2.05) is 13.8 Å². The van der Waals surface area contributed by atoms with Crippen molar-refractivity contribution in [1.82, 2.24) is 9.97 Å². The van der Waals surface area contributed by atoms with Crippen molar-refractivity contribution in [1.29, 1.82) is 0 Å². The molecule has 1 atom stereocenters. The fourth-order valence-corrected chi connectivity index (χ4v) is 2.71. The largest absolute Gasteiger partial charge is 0.466 e. The van der Waals surface area contributed by atoms with Gasteiger partial charge in [0.25, 0.3) is 0 Å². The van der Waals surface area contributed by atoms with Gasteiger partial charge in [-0.25, -0.2) is 9.97 Å². The van der Waals surface area contributed by atoms with Crippen molar-refractivity contribution in [2.75, 3.05) is 11.9 Å². The molecule has 0 spiro atoms. The number of hydrogen-bond donors (Lipinski definition) is 1. The fourth-order valence-electron chi connectivity index (χ4n) is 2.71. The quantitative estimate of drug-likeness (QED) is 0.816. The maximum Gasteiger partial charge on any atom is 0.305 e. The second kappa shape index (κ2) is 7.38. The minimum Gasteiger partial charge on any atom is -0.466 e. The Hall–Kier alpha value is -1.65. The van der Waals surface area contributed by atoms with Crippen LogP contribution in [0.25, 0.3) is 0 Å². The Morgan fingerprint density at radius 3 is 2.86 bits per heavy atom. The average Bonchev–Trinajstić information content (AvgIpc) is 2.45. The Labute approximate surface area is 126 Å². The molecule has 0 bridgehead atoms. The van der Waals surface area contributed by atoms with Crippen LogP contribution in [0.4, 0.5) is 5.82 Å². The highest BCUT2D eigenvalue weighted by Crippen LogP contribution is 2.26. The molecule has 5 nitrogen and oxygen atoms in total. The van der Waals surface area contributed by atoms with E-state index < -0.39 is 0 Å². The monoisotopic (exact) mass is 291 g/mol. The van der Waals surface area contributed by atoms with Crippen molar-refractivity contribution in [2.24, 2.45) is 0 Å². The molecule has 0 fully saturated rings. The number of hydrogen-bond acceptors (Lipinski definition) is 5. The molecule has 21 heavy (non-hydrogen) atoms. The minimum atomic E-state index is -0.132. The van der Waals surface area contributed by atoms with Crippen LogP contribution in [-0.4, -0.2) is 28.6 Å². The molecule has 0 saturated carbocycles. The number of anilines is 1. The Morgan fingerprint density at radius 2 is 2.10 bits per heavy atom. The van der Waals surface area contributed by atoms with Gasteiger partial charge in [-0.2, -0.15) is 0 Å². The van der Waals surface area contributed by atoms with Crippen LogP contribution in [0.2, 0.25) is 0 Å². The van der Waals surface area contributed by atoms with Crippen LogP contribution in [-0.2, 0) is 22.4 Å². The normalized spacial score (nSPS) is 15.2. The molecular formula is C16H25N3O2. The third-order valence-corrected chi connectivity index (χ3v) is 3.76. The summed E-state index contributed by atoms with van der Waals surface area (Å²) in [6.45, 7) is 6.28. The molecule has 1 N–H and O–H groups in total. The van der Waals surface area contributed by atoms with Gasteiger partial charge in [0, 0.05) is 23.7 Å². The van der Waals surface area contributed by atoms with Gasteiger partial charge in [0.2, 0.25) is 0 Å². The van der Waals surface area contributed by atoms with E-state index in [1.165, 1.54) is 24.1 Å². The first-order chi connectivity index (χ1) is 10.1. The van der Waals surface area contributed by atoms with Crippen molar-refractivity contribution in [3.63, 3.8) is 0 Å². The van der Waals surface area contributed by atoms with Crippen molar-refractivity contribution in [3.05, 3.63) is 17.1 Å². The van der Waals surface area contributed by atoms with Crippen LogP contribution in [0.1, 0.15) is 56.6 Å². The van der Waals surface area contributed by atoms with Gasteiger partial charge in [0.1, 0.15) is 11.6 Å². The highest BCUT2D eigenvalue weighted by Gasteiger charge is 2.18. The molecule has 0 aromatic carbocycles. The maximum absolute atomic E-state index is 11.4. The van der Waals surface area contributed by atoms with Crippen LogP contribution in [0.3, 0.4) is 0 Å². The minimum absolute atomic E-state index is 0.132. The third-order valence-electron chi connectivity index (χ3n) is 3.76. The van der Waals surface area contributed by atoms with Gasteiger partial charge in [0.15, 0.2) is 0 Å². The lowest BCUT2D eigenvalue weighted by Crippen LogP contribution is -2.21. The number of fused-ring (bicyclic) bond motifs is 1. The van der Waals surface area contributed by atoms with Gasteiger partial charge in [-0.1, -0.05) is 0 Å². The van der Waals surface area contributed by atoms with E-state index in [-0.39, 0.29) is 12.0 Å². The fraction of sp³-hybridized carbons (Fsp3) is 0.688. The molecule has 1 aromatic heterocycles. The first-order valence-electron chi connectivity index (χ1n) is 7.88. The van der Waals surface area contributed by atoms with E-state index in [1.54, 1.807) is 0 Å². The summed E-state index contributed by atoms with van der Waals surface area (Å²) in [7, 11) is 0. The first kappa shape index (κ1) is 15.7. The molecule has 116 valence electrons. The topological polar surface area (TPSA) is 64.1 Å². The lowest BCUT2D eigenvalue weighted by atomic mass is 9.96. The maximum atomic E-state index is 11.4. The van der Waals surface area contributed by atoms with E-state index >= 15 is 0 Å². The van der Waals surface area contributed by atoms with E-state index in [4.69, 9.17) is 4.74 Å². The molecule has 2 rings (SSSR count). The number of aromatic nitrogens is 2. The number of nitrogens with zero attached hydrogens (tertiary/aromatic N) is 2. The smallest absolute Gasteiger partial charge is 0.305 e. The van der Waals surface area contributed by atoms with Crippen molar-refractivity contribution in [3.8, 4) is 0 Å². The Morgan fingerprint density at radius 1 is 1.33 bits per heavy atom. The summed E-state index contributed by atoms with van der Waals surface area (Å²) in [6, 6.07) is 0.190.